The van der Waals surface area contributed by atoms with Crippen molar-refractivity contribution < 1.29 is 79.8 Å². The number of esters is 3. The van der Waals surface area contributed by atoms with E-state index in [1.54, 1.807) is 20.8 Å². The molecule has 0 spiro atoms. The molecule has 0 saturated carbocycles. The number of likely N-dealkylation sites (N-methyl/N-ethyl adjacent to an activating group) is 3. The lowest BCUT2D eigenvalue weighted by atomic mass is 10.3. The number of hydrogen-bond donors (Lipinski definition) is 0. The minimum absolute atomic E-state index is 0. The molecule has 0 aromatic carbocycles. The molecule has 0 heterocycles. The molecule has 0 unspecified atom stereocenters. The Balaban J connectivity index is -0.000000328. The molecule has 0 aliphatic carbocycles. The van der Waals surface area contributed by atoms with Gasteiger partial charge in [0.05, 0.1) is 41.3 Å². The van der Waals surface area contributed by atoms with Crippen molar-refractivity contribution in [2.75, 3.05) is 105 Å². The van der Waals surface area contributed by atoms with Gasteiger partial charge in [-0.3, -0.25) is 0 Å². The third kappa shape index (κ3) is 45.8. The van der Waals surface area contributed by atoms with Gasteiger partial charge < -0.3 is 70.3 Å². The molecule has 0 rings (SSSR count). The van der Waals surface area contributed by atoms with Crippen molar-refractivity contribution in [3.8, 4) is 0 Å². The van der Waals surface area contributed by atoms with E-state index in [0.29, 0.717) is 36.5 Å². The summed E-state index contributed by atoms with van der Waals surface area (Å²) in [4.78, 5) is 35.9. The van der Waals surface area contributed by atoms with Crippen LogP contribution in [0.15, 0.2) is 36.5 Å². The van der Waals surface area contributed by atoms with Crippen LogP contribution in [0.25, 0.3) is 0 Å². The fraction of sp³-hybridized carbons (Fsp3) is 0.795. The van der Waals surface area contributed by atoms with Crippen LogP contribution in [0.3, 0.4) is 0 Å². The predicted octanol–water partition coefficient (Wildman–Crippen LogP) is 4.24. The van der Waals surface area contributed by atoms with Crippen LogP contribution in [0, 0.1) is 0 Å². The molecule has 11 nitrogen and oxygen atoms in total. The average Bonchev–Trinajstić information content (AvgIpc) is 3.08. The van der Waals surface area contributed by atoms with Gasteiger partial charge in [0.15, 0.2) is 33.3 Å². The molecule has 376 valence electrons. The van der Waals surface area contributed by atoms with Crippen molar-refractivity contribution in [3.05, 3.63) is 36.5 Å². The van der Waals surface area contributed by atoms with Crippen molar-refractivity contribution in [1.29, 1.82) is 0 Å². The summed E-state index contributed by atoms with van der Waals surface area (Å²) in [6.45, 7) is 40.2. The van der Waals surface area contributed by atoms with Gasteiger partial charge in [-0.1, -0.05) is 51.6 Å². The lowest BCUT2D eigenvalue weighted by Gasteiger charge is -2.36. The Morgan fingerprint density at radius 2 is 0.746 bits per heavy atom. The third-order valence-corrected chi connectivity index (χ3v) is 25.9. The van der Waals surface area contributed by atoms with Gasteiger partial charge in [0, 0.05) is 33.9 Å². The number of nitrogens with zero attached hydrogens (tertiary/aromatic N) is 3. The van der Waals surface area contributed by atoms with Crippen molar-refractivity contribution in [2.24, 2.45) is 0 Å². The van der Waals surface area contributed by atoms with E-state index >= 15 is 0 Å². The smallest absolute Gasteiger partial charge is 0.333 e. The topological polar surface area (TPSA) is 101 Å². The highest BCUT2D eigenvalue weighted by molar-refractivity contribution is 9.09. The Bertz CT molecular complexity index is 1260. The molecule has 0 fully saturated rings. The van der Waals surface area contributed by atoms with E-state index in [1.165, 1.54) is 24.9 Å². The predicted molar refractivity (Wildman–Crippen MR) is 277 cm³/mol. The number of rotatable bonds is 30. The normalized spacial score (nSPS) is 12.0. The zero-order valence-electron chi connectivity index (χ0n) is 43.0. The van der Waals surface area contributed by atoms with Crippen LogP contribution in [0.5, 0.6) is 0 Å². The zero-order valence-corrected chi connectivity index (χ0v) is 53.3. The van der Waals surface area contributed by atoms with Gasteiger partial charge in [-0.2, -0.15) is 0 Å². The standard InChI is InChI=1S/C26H54N2O5Si2.C10H24Br2OSi2.C8H15NO2.2BrH/c1-23(2)25(29)31-19-17-27(5,6)15-13-21-34(9,10)33-35(11,12)22-14-16-28(7,8)18-20-32-26(30)24(3)4;1-14(2,9-5-7-11)13-15(3,4)10-6-8-12;1-7(2)8(10)11-6-5-9(3)4;;/h1,3,13-22H2,2,4-12H3;5-10H2,1-4H3;1,5-6H2,2-4H3;2*1H/q+2;;;;/p-2. The molecule has 0 N–H and O–H groups in total. The summed E-state index contributed by atoms with van der Waals surface area (Å²) in [5.74, 6) is -0.938. The molecular formula is C44H93Br4N3O8Si4. The van der Waals surface area contributed by atoms with Crippen molar-refractivity contribution in [3.63, 3.8) is 0 Å². The molecule has 0 aromatic heterocycles. The van der Waals surface area contributed by atoms with Gasteiger partial charge >= 0.3 is 17.9 Å². The number of alkyl halides is 2. The third-order valence-electron chi connectivity index (χ3n) is 9.69. The zero-order chi connectivity index (χ0) is 48.3. The van der Waals surface area contributed by atoms with E-state index in [2.05, 4.69) is 132 Å². The summed E-state index contributed by atoms with van der Waals surface area (Å²) in [5.41, 5.74) is 1.33. The first-order valence-electron chi connectivity index (χ1n) is 21.9. The van der Waals surface area contributed by atoms with E-state index < -0.39 is 33.3 Å². The van der Waals surface area contributed by atoms with E-state index in [0.717, 1.165) is 77.3 Å². The van der Waals surface area contributed by atoms with Gasteiger partial charge in [-0.15, -0.1) is 0 Å². The number of quaternary nitrogens is 2. The summed E-state index contributed by atoms with van der Waals surface area (Å²) >= 11 is 6.99. The maximum atomic E-state index is 11.6. The minimum Gasteiger partial charge on any atom is -1.00 e. The fourth-order valence-corrected chi connectivity index (χ4v) is 25.5. The van der Waals surface area contributed by atoms with Crippen molar-refractivity contribution in [2.45, 2.75) is 123 Å². The lowest BCUT2D eigenvalue weighted by molar-refractivity contribution is -0.890. The molecule has 63 heavy (non-hydrogen) atoms. The second-order valence-corrected chi connectivity index (χ2v) is 39.6. The number of carbonyl (C=O) groups is 3. The van der Waals surface area contributed by atoms with Crippen LogP contribution in [-0.4, -0.2) is 171 Å². The summed E-state index contributed by atoms with van der Waals surface area (Å²) in [5, 5.41) is 2.21. The van der Waals surface area contributed by atoms with Gasteiger partial charge in [-0.25, -0.2) is 14.4 Å². The molecule has 0 aliphatic heterocycles. The van der Waals surface area contributed by atoms with E-state index in [-0.39, 0.29) is 51.9 Å². The summed E-state index contributed by atoms with van der Waals surface area (Å²) in [6, 6.07) is 4.82. The SMILES string of the molecule is C=C(C)C(=O)OCCN(C)C.C=C(C)C(=O)OCC[N+](C)(C)CCC[Si](C)(C)O[Si](C)(C)CCC[N+](C)(C)CCOC(=O)C(=C)C.C[Si](C)(CCCBr)O[Si](C)(C)CCCBr.[Br-].[Br-]. The molecule has 0 radical (unpaired) electrons. The van der Waals surface area contributed by atoms with Crippen LogP contribution in [0.2, 0.25) is 76.6 Å². The molecule has 0 bridgehead atoms. The van der Waals surface area contributed by atoms with Gasteiger partial charge in [-0.05, 0) is 137 Å². The molecule has 0 aromatic rings. The number of halogens is 4. The minimum atomic E-state index is -1.76. The van der Waals surface area contributed by atoms with Crippen LogP contribution in [0.1, 0.15) is 46.5 Å². The Hall–Kier alpha value is 0.218. The monoisotopic (exact) mass is 1220 g/mol. The molecule has 19 heteroatoms. The first kappa shape index (κ1) is 72.2. The van der Waals surface area contributed by atoms with Crippen LogP contribution in [0.4, 0.5) is 0 Å². The van der Waals surface area contributed by atoms with Gasteiger partial charge in [0.2, 0.25) is 0 Å². The number of hydrogen-bond acceptors (Lipinski definition) is 9. The van der Waals surface area contributed by atoms with Crippen LogP contribution < -0.4 is 34.0 Å². The van der Waals surface area contributed by atoms with Gasteiger partial charge in [0.1, 0.15) is 32.9 Å². The highest BCUT2D eigenvalue weighted by atomic mass is 79.9. The molecule has 0 amide bonds. The van der Waals surface area contributed by atoms with Crippen molar-refractivity contribution >= 4 is 83.0 Å². The number of ether oxygens (including phenoxy) is 3. The quantitative estimate of drug-likeness (QED) is 0.0262. The Morgan fingerprint density at radius 3 is 0.984 bits per heavy atom. The first-order chi connectivity index (χ1) is 27.6. The van der Waals surface area contributed by atoms with E-state index in [4.69, 9.17) is 22.4 Å². The highest BCUT2D eigenvalue weighted by Crippen LogP contribution is 2.26. The summed E-state index contributed by atoms with van der Waals surface area (Å²) < 4.78 is 30.3. The van der Waals surface area contributed by atoms with E-state index in [9.17, 15) is 14.4 Å². The summed E-state index contributed by atoms with van der Waals surface area (Å²) in [7, 11) is 6.28. The average molecular weight is 1220 g/mol. The lowest BCUT2D eigenvalue weighted by Crippen LogP contribution is -3.00. The Labute approximate surface area is 429 Å². The summed E-state index contributed by atoms with van der Waals surface area (Å²) in [6.07, 6.45) is 4.72. The Morgan fingerprint density at radius 1 is 0.492 bits per heavy atom. The van der Waals surface area contributed by atoms with Gasteiger partial charge in [0.25, 0.3) is 0 Å². The van der Waals surface area contributed by atoms with Crippen LogP contribution >= 0.6 is 31.9 Å². The second-order valence-electron chi connectivity index (χ2n) is 20.4. The molecular weight excluding hydrogens is 1130 g/mol. The first-order valence-corrected chi connectivity index (χ1v) is 36.6. The van der Waals surface area contributed by atoms with Crippen molar-refractivity contribution in [1.82, 2.24) is 4.90 Å². The fourth-order valence-electron chi connectivity index (χ4n) is 6.24. The Kier molecular flexibility index (Phi) is 41.5. The molecule has 0 saturated heterocycles. The van der Waals surface area contributed by atoms with E-state index in [1.807, 2.05) is 19.0 Å². The van der Waals surface area contributed by atoms with Crippen LogP contribution in [-0.2, 0) is 36.8 Å². The maximum Gasteiger partial charge on any atom is 0.333 e. The molecule has 0 aliphatic rings. The maximum absolute atomic E-state index is 11.6. The largest absolute Gasteiger partial charge is 1.00 e. The number of carbonyl (C=O) groups excluding carboxylic acids is 3. The molecule has 0 atom stereocenters. The second kappa shape index (κ2) is 36.2. The highest BCUT2D eigenvalue weighted by Gasteiger charge is 2.34.